The van der Waals surface area contributed by atoms with Crippen molar-refractivity contribution < 1.29 is 9.59 Å². The van der Waals surface area contributed by atoms with Gasteiger partial charge in [-0.15, -0.1) is 0 Å². The largest absolute Gasteiger partial charge is 0.358 e. The van der Waals surface area contributed by atoms with Crippen LogP contribution in [0.4, 0.5) is 0 Å². The van der Waals surface area contributed by atoms with Crippen molar-refractivity contribution in [3.8, 4) is 0 Å². The predicted octanol–water partition coefficient (Wildman–Crippen LogP) is 1.82. The maximum Gasteiger partial charge on any atom is 0.175 e. The fourth-order valence-electron chi connectivity index (χ4n) is 0.924. The number of hydrogen-bond donors (Lipinski definition) is 1. The number of hydrogen-bond acceptors (Lipinski definition) is 2. The molecule has 0 saturated heterocycles. The highest BCUT2D eigenvalue weighted by molar-refractivity contribution is 5.94. The molecule has 1 N–H and O–H groups in total. The van der Waals surface area contributed by atoms with Crippen molar-refractivity contribution in [2.24, 2.45) is 0 Å². The molecule has 0 aliphatic carbocycles. The van der Waals surface area contributed by atoms with Crippen LogP contribution in [0.25, 0.3) is 6.08 Å². The summed E-state index contributed by atoms with van der Waals surface area (Å²) in [5, 5.41) is 0. The van der Waals surface area contributed by atoms with Crippen LogP contribution < -0.4 is 0 Å². The topological polar surface area (TPSA) is 49.9 Å². The summed E-state index contributed by atoms with van der Waals surface area (Å²) in [4.78, 5) is 24.3. The quantitative estimate of drug-likeness (QED) is 0.565. The van der Waals surface area contributed by atoms with E-state index in [0.29, 0.717) is 5.69 Å². The molecule has 3 nitrogen and oxygen atoms in total. The van der Waals surface area contributed by atoms with Crippen molar-refractivity contribution in [1.29, 1.82) is 0 Å². The van der Waals surface area contributed by atoms with Crippen LogP contribution in [0.5, 0.6) is 0 Å². The SMILES string of the molecule is CC(=O)/C=C/c1c[nH]c(C(C)=O)c1. The lowest BCUT2D eigenvalue weighted by molar-refractivity contribution is -0.112. The van der Waals surface area contributed by atoms with E-state index >= 15 is 0 Å². The summed E-state index contributed by atoms with van der Waals surface area (Å²) in [6.07, 6.45) is 4.83. The van der Waals surface area contributed by atoms with E-state index < -0.39 is 0 Å². The molecule has 0 bridgehead atoms. The Morgan fingerprint density at radius 2 is 2.08 bits per heavy atom. The Kier molecular flexibility index (Phi) is 2.80. The number of carbonyl (C=O) groups excluding carboxylic acids is 2. The first kappa shape index (κ1) is 9.45. The Morgan fingerprint density at radius 1 is 1.38 bits per heavy atom. The van der Waals surface area contributed by atoms with Crippen LogP contribution in [0, 0.1) is 0 Å². The zero-order valence-electron chi connectivity index (χ0n) is 7.63. The summed E-state index contributed by atoms with van der Waals surface area (Å²) in [7, 11) is 0. The molecule has 3 heteroatoms. The molecule has 0 saturated carbocycles. The Labute approximate surface area is 76.5 Å². The van der Waals surface area contributed by atoms with Gasteiger partial charge in [0.15, 0.2) is 11.6 Å². The average molecular weight is 177 g/mol. The van der Waals surface area contributed by atoms with E-state index in [1.54, 1.807) is 18.3 Å². The standard InChI is InChI=1S/C10H11NO2/c1-7(12)3-4-9-5-10(8(2)13)11-6-9/h3-6,11H,1-2H3/b4-3+. The summed E-state index contributed by atoms with van der Waals surface area (Å²) in [5.74, 6) is -0.0203. The maximum absolute atomic E-state index is 10.9. The van der Waals surface area contributed by atoms with Crippen molar-refractivity contribution in [3.63, 3.8) is 0 Å². The zero-order chi connectivity index (χ0) is 9.84. The summed E-state index contributed by atoms with van der Waals surface area (Å²) in [6.45, 7) is 2.97. The minimum Gasteiger partial charge on any atom is -0.358 e. The van der Waals surface area contributed by atoms with Crippen LogP contribution in [0.15, 0.2) is 18.3 Å². The third-order valence-corrected chi connectivity index (χ3v) is 1.60. The second kappa shape index (κ2) is 3.85. The molecular formula is C10H11NO2. The molecule has 0 radical (unpaired) electrons. The van der Waals surface area contributed by atoms with Crippen molar-refractivity contribution in [2.45, 2.75) is 13.8 Å². The minimum absolute atomic E-state index is 0.00873. The number of H-pyrrole nitrogens is 1. The van der Waals surface area contributed by atoms with Gasteiger partial charge >= 0.3 is 0 Å². The van der Waals surface area contributed by atoms with Crippen molar-refractivity contribution >= 4 is 17.6 Å². The first-order chi connectivity index (χ1) is 6.09. The third kappa shape index (κ3) is 2.71. The molecule has 0 aliphatic heterocycles. The average Bonchev–Trinajstić information content (AvgIpc) is 2.48. The first-order valence-corrected chi connectivity index (χ1v) is 3.97. The smallest absolute Gasteiger partial charge is 0.175 e. The van der Waals surface area contributed by atoms with Crippen LogP contribution in [0.3, 0.4) is 0 Å². The number of aromatic nitrogens is 1. The van der Waals surface area contributed by atoms with E-state index in [1.807, 2.05) is 0 Å². The van der Waals surface area contributed by atoms with E-state index in [9.17, 15) is 9.59 Å². The van der Waals surface area contributed by atoms with Gasteiger partial charge in [-0.2, -0.15) is 0 Å². The number of allylic oxidation sites excluding steroid dienone is 1. The molecule has 0 atom stereocenters. The number of nitrogens with one attached hydrogen (secondary N) is 1. The second-order valence-corrected chi connectivity index (χ2v) is 2.85. The highest BCUT2D eigenvalue weighted by atomic mass is 16.1. The van der Waals surface area contributed by atoms with E-state index in [0.717, 1.165) is 5.56 Å². The van der Waals surface area contributed by atoms with Gasteiger partial charge in [-0.1, -0.05) is 0 Å². The molecule has 1 rings (SSSR count). The van der Waals surface area contributed by atoms with E-state index in [4.69, 9.17) is 0 Å². The van der Waals surface area contributed by atoms with Gasteiger partial charge in [-0.05, 0) is 30.7 Å². The number of rotatable bonds is 3. The zero-order valence-corrected chi connectivity index (χ0v) is 7.63. The van der Waals surface area contributed by atoms with Gasteiger partial charge in [0.05, 0.1) is 5.69 Å². The maximum atomic E-state index is 10.9. The summed E-state index contributed by atoms with van der Waals surface area (Å²) >= 11 is 0. The summed E-state index contributed by atoms with van der Waals surface area (Å²) in [5.41, 5.74) is 1.39. The van der Waals surface area contributed by atoms with Crippen molar-refractivity contribution in [1.82, 2.24) is 4.98 Å². The van der Waals surface area contributed by atoms with Gasteiger partial charge in [0, 0.05) is 13.1 Å². The summed E-state index contributed by atoms with van der Waals surface area (Å²) < 4.78 is 0. The molecule has 1 heterocycles. The Morgan fingerprint density at radius 3 is 2.54 bits per heavy atom. The van der Waals surface area contributed by atoms with E-state index in [2.05, 4.69) is 4.98 Å². The molecular weight excluding hydrogens is 166 g/mol. The normalized spacial score (nSPS) is 10.6. The van der Waals surface area contributed by atoms with Gasteiger partial charge in [-0.3, -0.25) is 9.59 Å². The van der Waals surface area contributed by atoms with Gasteiger partial charge in [0.25, 0.3) is 0 Å². The second-order valence-electron chi connectivity index (χ2n) is 2.85. The first-order valence-electron chi connectivity index (χ1n) is 3.97. The van der Waals surface area contributed by atoms with Gasteiger partial charge in [0.2, 0.25) is 0 Å². The number of ketones is 2. The minimum atomic E-state index is -0.0116. The van der Waals surface area contributed by atoms with Crippen molar-refractivity contribution in [3.05, 3.63) is 29.6 Å². The summed E-state index contributed by atoms with van der Waals surface area (Å²) in [6, 6.07) is 1.71. The molecule has 1 aromatic heterocycles. The molecule has 0 amide bonds. The lowest BCUT2D eigenvalue weighted by Gasteiger charge is -1.83. The molecule has 0 unspecified atom stereocenters. The lowest BCUT2D eigenvalue weighted by atomic mass is 10.2. The third-order valence-electron chi connectivity index (χ3n) is 1.60. The highest BCUT2D eigenvalue weighted by Crippen LogP contribution is 2.05. The number of aromatic amines is 1. The molecule has 0 aromatic carbocycles. The highest BCUT2D eigenvalue weighted by Gasteiger charge is 2.00. The molecule has 0 aliphatic rings. The van der Waals surface area contributed by atoms with Crippen LogP contribution in [-0.2, 0) is 4.79 Å². The van der Waals surface area contributed by atoms with Crippen LogP contribution in [-0.4, -0.2) is 16.6 Å². The number of Topliss-reactive ketones (excluding diaryl/α,β-unsaturated/α-hetero) is 1. The van der Waals surface area contributed by atoms with E-state index in [1.165, 1.54) is 19.9 Å². The number of carbonyl (C=O) groups is 2. The Hall–Kier alpha value is -1.64. The Bertz CT molecular complexity index is 361. The Balaban J connectivity index is 2.80. The van der Waals surface area contributed by atoms with Crippen LogP contribution in [0.1, 0.15) is 29.9 Å². The predicted molar refractivity (Wildman–Crippen MR) is 50.5 cm³/mol. The lowest BCUT2D eigenvalue weighted by Crippen LogP contribution is -1.89. The van der Waals surface area contributed by atoms with Crippen molar-refractivity contribution in [2.75, 3.05) is 0 Å². The fourth-order valence-corrected chi connectivity index (χ4v) is 0.924. The van der Waals surface area contributed by atoms with Gasteiger partial charge in [-0.25, -0.2) is 0 Å². The molecule has 0 spiro atoms. The fraction of sp³-hybridized carbons (Fsp3) is 0.200. The molecule has 13 heavy (non-hydrogen) atoms. The monoisotopic (exact) mass is 177 g/mol. The van der Waals surface area contributed by atoms with E-state index in [-0.39, 0.29) is 11.6 Å². The molecule has 1 aromatic rings. The molecule has 68 valence electrons. The van der Waals surface area contributed by atoms with Gasteiger partial charge in [0.1, 0.15) is 0 Å². The van der Waals surface area contributed by atoms with Crippen LogP contribution >= 0.6 is 0 Å². The molecule has 0 fully saturated rings. The van der Waals surface area contributed by atoms with Gasteiger partial charge < -0.3 is 4.98 Å². The van der Waals surface area contributed by atoms with Crippen LogP contribution in [0.2, 0.25) is 0 Å².